The second-order valence-electron chi connectivity index (χ2n) is 5.26. The number of aryl methyl sites for hydroxylation is 1. The molecular weight excluding hydrogens is 390 g/mol. The number of nitrogens with one attached hydrogen (secondary N) is 1. The quantitative estimate of drug-likeness (QED) is 0.372. The highest BCUT2D eigenvalue weighted by Gasteiger charge is 2.16. The van der Waals surface area contributed by atoms with Gasteiger partial charge in [-0.1, -0.05) is 24.4 Å². The highest BCUT2D eigenvalue weighted by molar-refractivity contribution is 8.04. The monoisotopic (exact) mass is 407 g/mol. The van der Waals surface area contributed by atoms with Gasteiger partial charge in [0.1, 0.15) is 17.3 Å². The number of rotatable bonds is 9. The van der Waals surface area contributed by atoms with Gasteiger partial charge in [-0.25, -0.2) is 9.78 Å². The summed E-state index contributed by atoms with van der Waals surface area (Å²) in [5.41, 5.74) is 0.527. The number of H-pyrrole nitrogens is 1. The Hall–Kier alpha value is -2.63. The van der Waals surface area contributed by atoms with Crippen LogP contribution in [0, 0.1) is 12.3 Å². The van der Waals surface area contributed by atoms with Crippen molar-refractivity contribution in [3.05, 3.63) is 33.4 Å². The van der Waals surface area contributed by atoms with Crippen molar-refractivity contribution < 1.29 is 19.4 Å². The van der Waals surface area contributed by atoms with Gasteiger partial charge in [0.15, 0.2) is 11.5 Å². The Morgan fingerprint density at radius 3 is 2.93 bits per heavy atom. The number of ether oxygens (including phenoxy) is 2. The summed E-state index contributed by atoms with van der Waals surface area (Å²) >= 11 is 7.17. The van der Waals surface area contributed by atoms with Crippen LogP contribution in [-0.4, -0.2) is 40.0 Å². The van der Waals surface area contributed by atoms with E-state index in [0.29, 0.717) is 28.0 Å². The van der Waals surface area contributed by atoms with E-state index < -0.39 is 5.97 Å². The number of aromatic nitrogens is 3. The van der Waals surface area contributed by atoms with Crippen molar-refractivity contribution in [1.29, 1.82) is 0 Å². The van der Waals surface area contributed by atoms with E-state index in [1.807, 2.05) is 6.92 Å². The van der Waals surface area contributed by atoms with Crippen LogP contribution in [0.4, 0.5) is 0 Å². The number of hydrogen-bond acceptors (Lipinski definition) is 6. The molecule has 0 aliphatic heterocycles. The molecule has 0 saturated heterocycles. The predicted octanol–water partition coefficient (Wildman–Crippen LogP) is 3.65. The third-order valence-corrected chi connectivity index (χ3v) is 4.42. The number of benzene rings is 1. The maximum absolute atomic E-state index is 11.6. The van der Waals surface area contributed by atoms with Crippen LogP contribution in [0.1, 0.15) is 24.7 Å². The summed E-state index contributed by atoms with van der Waals surface area (Å²) < 4.78 is 10.6. The summed E-state index contributed by atoms with van der Waals surface area (Å²) in [5.74, 6) is 2.61. The van der Waals surface area contributed by atoms with E-state index in [-0.39, 0.29) is 16.5 Å². The average Bonchev–Trinajstić information content (AvgIpc) is 3.07. The molecule has 0 bridgehead atoms. The van der Waals surface area contributed by atoms with Crippen molar-refractivity contribution in [2.75, 3.05) is 13.7 Å². The molecule has 142 valence electrons. The molecule has 2 N–H and O–H groups in total. The fraction of sp³-hybridized carbons (Fsp3) is 0.278. The highest BCUT2D eigenvalue weighted by Crippen LogP contribution is 2.37. The van der Waals surface area contributed by atoms with Gasteiger partial charge in [0.25, 0.3) is 0 Å². The minimum absolute atomic E-state index is 0.0341. The topological polar surface area (TPSA) is 97.3 Å². The van der Waals surface area contributed by atoms with Crippen molar-refractivity contribution in [3.63, 3.8) is 0 Å². The number of nitrogens with zero attached hydrogens (tertiary/aromatic N) is 2. The lowest BCUT2D eigenvalue weighted by Gasteiger charge is -2.12. The van der Waals surface area contributed by atoms with Crippen LogP contribution in [0.2, 0.25) is 5.02 Å². The SMILES string of the molecule is C#CCOc1c(Cl)cc(/C=C(\Sc2n[nH]c(CCC)n2)C(=O)O)cc1OC. The Balaban J connectivity index is 2.32. The molecule has 7 nitrogen and oxygen atoms in total. The van der Waals surface area contributed by atoms with Crippen molar-refractivity contribution >= 4 is 35.4 Å². The third kappa shape index (κ3) is 5.67. The van der Waals surface area contributed by atoms with Crippen molar-refractivity contribution in [2.45, 2.75) is 24.9 Å². The predicted molar refractivity (Wildman–Crippen MR) is 104 cm³/mol. The van der Waals surface area contributed by atoms with Crippen LogP contribution in [0.25, 0.3) is 6.08 Å². The third-order valence-electron chi connectivity index (χ3n) is 3.26. The maximum Gasteiger partial charge on any atom is 0.342 e. The van der Waals surface area contributed by atoms with Crippen molar-refractivity contribution in [3.8, 4) is 23.8 Å². The molecule has 27 heavy (non-hydrogen) atoms. The van der Waals surface area contributed by atoms with E-state index in [2.05, 4.69) is 21.1 Å². The first-order valence-electron chi connectivity index (χ1n) is 7.96. The van der Waals surface area contributed by atoms with Gasteiger partial charge in [0.05, 0.1) is 12.1 Å². The molecular formula is C18H18ClN3O4S. The van der Waals surface area contributed by atoms with Gasteiger partial charge in [0, 0.05) is 6.42 Å². The van der Waals surface area contributed by atoms with Gasteiger partial charge in [0.2, 0.25) is 5.16 Å². The molecule has 1 aromatic heterocycles. The standard InChI is InChI=1S/C18H18ClN3O4S/c1-4-6-15-20-18(22-21-15)27-14(17(23)24)10-11-8-12(19)16(26-7-5-2)13(9-11)25-3/h2,8-10H,4,6-7H2,1,3H3,(H,23,24)(H,20,21,22)/b14-10-. The zero-order valence-electron chi connectivity index (χ0n) is 14.8. The van der Waals surface area contributed by atoms with Gasteiger partial charge < -0.3 is 14.6 Å². The first-order valence-corrected chi connectivity index (χ1v) is 9.15. The second kappa shape index (κ2) is 9.90. The van der Waals surface area contributed by atoms with Crippen LogP contribution in [0.15, 0.2) is 22.2 Å². The number of carboxylic acid groups (broad SMARTS) is 1. The zero-order valence-corrected chi connectivity index (χ0v) is 16.4. The van der Waals surface area contributed by atoms with Gasteiger partial charge in [-0.05, 0) is 42.0 Å². The molecule has 0 saturated carbocycles. The Morgan fingerprint density at radius 2 is 2.30 bits per heavy atom. The molecule has 1 heterocycles. The number of carbonyl (C=O) groups is 1. The molecule has 1 aromatic carbocycles. The molecule has 0 aliphatic carbocycles. The van der Waals surface area contributed by atoms with E-state index in [1.54, 1.807) is 12.1 Å². The molecule has 0 radical (unpaired) electrons. The molecule has 0 spiro atoms. The fourth-order valence-corrected chi connectivity index (χ4v) is 3.13. The van der Waals surface area contributed by atoms with E-state index in [4.69, 9.17) is 27.5 Å². The summed E-state index contributed by atoms with van der Waals surface area (Å²) in [5, 5.41) is 16.9. The summed E-state index contributed by atoms with van der Waals surface area (Å²) in [6.07, 6.45) is 8.30. The lowest BCUT2D eigenvalue weighted by atomic mass is 10.2. The molecule has 2 rings (SSSR count). The normalized spacial score (nSPS) is 11.1. The zero-order chi connectivity index (χ0) is 19.8. The van der Waals surface area contributed by atoms with Crippen LogP contribution in [0.3, 0.4) is 0 Å². The summed E-state index contributed by atoms with van der Waals surface area (Å²) in [6.45, 7) is 2.05. The largest absolute Gasteiger partial charge is 0.493 e. The van der Waals surface area contributed by atoms with E-state index >= 15 is 0 Å². The smallest absolute Gasteiger partial charge is 0.342 e. The average molecular weight is 408 g/mol. The fourth-order valence-electron chi connectivity index (χ4n) is 2.13. The second-order valence-corrected chi connectivity index (χ2v) is 6.67. The molecule has 0 amide bonds. The number of carboxylic acids is 1. The van der Waals surface area contributed by atoms with E-state index in [0.717, 1.165) is 24.6 Å². The van der Waals surface area contributed by atoms with Gasteiger partial charge in [-0.2, -0.15) is 0 Å². The summed E-state index contributed by atoms with van der Waals surface area (Å²) in [6, 6.07) is 3.18. The molecule has 9 heteroatoms. The van der Waals surface area contributed by atoms with E-state index in [1.165, 1.54) is 13.2 Å². The Bertz CT molecular complexity index is 889. The van der Waals surface area contributed by atoms with Gasteiger partial charge >= 0.3 is 5.97 Å². The molecule has 2 aromatic rings. The molecule has 0 aliphatic rings. The van der Waals surface area contributed by atoms with Crippen molar-refractivity contribution in [1.82, 2.24) is 15.2 Å². The van der Waals surface area contributed by atoms with Crippen molar-refractivity contribution in [2.24, 2.45) is 0 Å². The van der Waals surface area contributed by atoms with Crippen LogP contribution < -0.4 is 9.47 Å². The Labute approximate surface area is 166 Å². The highest BCUT2D eigenvalue weighted by atomic mass is 35.5. The van der Waals surface area contributed by atoms with Crippen LogP contribution in [0.5, 0.6) is 11.5 Å². The number of methoxy groups -OCH3 is 1. The number of aliphatic carboxylic acids is 1. The Morgan fingerprint density at radius 1 is 1.52 bits per heavy atom. The lowest BCUT2D eigenvalue weighted by molar-refractivity contribution is -0.131. The minimum atomic E-state index is -1.11. The number of terminal acetylenes is 1. The van der Waals surface area contributed by atoms with Gasteiger partial charge in [-0.3, -0.25) is 5.10 Å². The summed E-state index contributed by atoms with van der Waals surface area (Å²) in [7, 11) is 1.46. The first-order chi connectivity index (χ1) is 13.0. The van der Waals surface area contributed by atoms with E-state index in [9.17, 15) is 9.90 Å². The number of thioether (sulfide) groups is 1. The molecule has 0 atom stereocenters. The summed E-state index contributed by atoms with van der Waals surface area (Å²) in [4.78, 5) is 15.9. The first kappa shape index (κ1) is 20.7. The van der Waals surface area contributed by atoms with Crippen LogP contribution >= 0.6 is 23.4 Å². The molecule has 0 fully saturated rings. The number of hydrogen-bond donors (Lipinski definition) is 2. The number of aromatic amines is 1. The van der Waals surface area contributed by atoms with Gasteiger partial charge in [-0.15, -0.1) is 11.5 Å². The Kier molecular flexibility index (Phi) is 7.58. The number of halogens is 1. The lowest BCUT2D eigenvalue weighted by Crippen LogP contribution is -1.99. The van der Waals surface area contributed by atoms with Crippen LogP contribution in [-0.2, 0) is 11.2 Å². The molecule has 0 unspecified atom stereocenters. The maximum atomic E-state index is 11.6. The minimum Gasteiger partial charge on any atom is -0.493 e.